The van der Waals surface area contributed by atoms with E-state index in [9.17, 15) is 9.18 Å². The van der Waals surface area contributed by atoms with Gasteiger partial charge in [0.05, 0.1) is 11.9 Å². The number of carbonyl (C=O) groups is 1. The van der Waals surface area contributed by atoms with Gasteiger partial charge in [0.15, 0.2) is 0 Å². The Morgan fingerprint density at radius 3 is 2.78 bits per heavy atom. The highest BCUT2D eigenvalue weighted by molar-refractivity contribution is 7.99. The molecule has 0 radical (unpaired) electrons. The standard InChI is InChI=1S/C21H25ClFNO2S/c1-15(2)26-17-8-3-6-16(12-17)7-5-11-24-21(25)14-27-13-18-19(22)9-4-10-20(18)23/h3-4,6,8-10,12,15H,5,7,11,13-14H2,1-2H3,(H,24,25). The van der Waals surface area contributed by atoms with Crippen LogP contribution >= 0.6 is 23.4 Å². The Hall–Kier alpha value is -1.72. The first-order chi connectivity index (χ1) is 13.0. The first-order valence-corrected chi connectivity index (χ1v) is 10.5. The van der Waals surface area contributed by atoms with E-state index >= 15 is 0 Å². The van der Waals surface area contributed by atoms with Crippen LogP contribution in [0.5, 0.6) is 5.75 Å². The zero-order chi connectivity index (χ0) is 19.6. The number of ether oxygens (including phenoxy) is 1. The second kappa shape index (κ2) is 11.2. The number of carbonyl (C=O) groups excluding carboxylic acids is 1. The van der Waals surface area contributed by atoms with Gasteiger partial charge in [-0.05, 0) is 56.5 Å². The van der Waals surface area contributed by atoms with E-state index in [0.29, 0.717) is 22.9 Å². The predicted octanol–water partition coefficient (Wildman–Crippen LogP) is 5.25. The van der Waals surface area contributed by atoms with E-state index < -0.39 is 0 Å². The summed E-state index contributed by atoms with van der Waals surface area (Å²) in [6.07, 6.45) is 1.87. The normalized spacial score (nSPS) is 10.9. The molecule has 2 rings (SSSR count). The minimum atomic E-state index is -0.334. The third kappa shape index (κ3) is 7.81. The Balaban J connectivity index is 1.65. The van der Waals surface area contributed by atoms with Crippen LogP contribution in [-0.2, 0) is 17.0 Å². The molecule has 0 saturated carbocycles. The number of hydrogen-bond acceptors (Lipinski definition) is 3. The molecular formula is C21H25ClFNO2S. The van der Waals surface area contributed by atoms with Gasteiger partial charge in [-0.1, -0.05) is 29.8 Å². The van der Waals surface area contributed by atoms with E-state index in [1.165, 1.54) is 23.4 Å². The highest BCUT2D eigenvalue weighted by Crippen LogP contribution is 2.23. The summed E-state index contributed by atoms with van der Waals surface area (Å²) in [4.78, 5) is 11.9. The lowest BCUT2D eigenvalue weighted by atomic mass is 10.1. The number of aryl methyl sites for hydroxylation is 1. The Kier molecular flexibility index (Phi) is 8.95. The van der Waals surface area contributed by atoms with Gasteiger partial charge >= 0.3 is 0 Å². The number of amides is 1. The Bertz CT molecular complexity index is 734. The van der Waals surface area contributed by atoms with Crippen LogP contribution in [0.2, 0.25) is 5.02 Å². The molecule has 27 heavy (non-hydrogen) atoms. The summed E-state index contributed by atoms with van der Waals surface area (Å²) in [5, 5.41) is 3.29. The fourth-order valence-corrected chi connectivity index (χ4v) is 3.73. The van der Waals surface area contributed by atoms with E-state index in [0.717, 1.165) is 18.6 Å². The Morgan fingerprint density at radius 2 is 2.04 bits per heavy atom. The molecule has 6 heteroatoms. The van der Waals surface area contributed by atoms with Crippen molar-refractivity contribution in [1.82, 2.24) is 5.32 Å². The van der Waals surface area contributed by atoms with Crippen LogP contribution < -0.4 is 10.1 Å². The summed E-state index contributed by atoms with van der Waals surface area (Å²) in [7, 11) is 0. The van der Waals surface area contributed by atoms with Crippen LogP contribution in [-0.4, -0.2) is 24.3 Å². The molecule has 0 aromatic heterocycles. The molecule has 2 aromatic rings. The van der Waals surface area contributed by atoms with Crippen molar-refractivity contribution in [2.45, 2.75) is 38.5 Å². The number of benzene rings is 2. The molecule has 0 saturated heterocycles. The van der Waals surface area contributed by atoms with Gasteiger partial charge in [0.25, 0.3) is 0 Å². The highest BCUT2D eigenvalue weighted by Gasteiger charge is 2.08. The van der Waals surface area contributed by atoms with Crippen molar-refractivity contribution in [3.8, 4) is 5.75 Å². The maximum absolute atomic E-state index is 13.7. The lowest BCUT2D eigenvalue weighted by Crippen LogP contribution is -2.26. The van der Waals surface area contributed by atoms with Crippen molar-refractivity contribution in [3.63, 3.8) is 0 Å². The average molecular weight is 410 g/mol. The van der Waals surface area contributed by atoms with E-state index in [1.807, 2.05) is 32.0 Å². The molecule has 0 aliphatic heterocycles. The van der Waals surface area contributed by atoms with Crippen molar-refractivity contribution in [3.05, 3.63) is 64.4 Å². The van der Waals surface area contributed by atoms with Crippen LogP contribution in [0.4, 0.5) is 4.39 Å². The SMILES string of the molecule is CC(C)Oc1cccc(CCCNC(=O)CSCc2c(F)cccc2Cl)c1. The molecule has 0 atom stereocenters. The number of hydrogen-bond donors (Lipinski definition) is 1. The summed E-state index contributed by atoms with van der Waals surface area (Å²) in [5.41, 5.74) is 1.63. The number of thioether (sulfide) groups is 1. The van der Waals surface area contributed by atoms with Gasteiger partial charge in [0.2, 0.25) is 5.91 Å². The molecule has 0 aliphatic rings. The van der Waals surface area contributed by atoms with Gasteiger partial charge in [-0.15, -0.1) is 11.8 Å². The summed E-state index contributed by atoms with van der Waals surface area (Å²) < 4.78 is 19.4. The molecule has 0 aliphatic carbocycles. The first kappa shape index (κ1) is 21.6. The zero-order valence-electron chi connectivity index (χ0n) is 15.6. The molecule has 146 valence electrons. The van der Waals surface area contributed by atoms with Crippen molar-refractivity contribution < 1.29 is 13.9 Å². The van der Waals surface area contributed by atoms with Gasteiger partial charge in [-0.2, -0.15) is 0 Å². The van der Waals surface area contributed by atoms with Gasteiger partial charge in [-0.25, -0.2) is 4.39 Å². The third-order valence-corrected chi connectivity index (χ3v) is 5.09. The van der Waals surface area contributed by atoms with Crippen LogP contribution in [0.1, 0.15) is 31.4 Å². The molecule has 3 nitrogen and oxygen atoms in total. The number of rotatable bonds is 10. The van der Waals surface area contributed by atoms with Gasteiger partial charge in [-0.3, -0.25) is 4.79 Å². The van der Waals surface area contributed by atoms with Gasteiger partial charge in [0.1, 0.15) is 11.6 Å². The summed E-state index contributed by atoms with van der Waals surface area (Å²) in [6.45, 7) is 4.61. The molecular weight excluding hydrogens is 385 g/mol. The fourth-order valence-electron chi connectivity index (χ4n) is 2.53. The number of nitrogens with one attached hydrogen (secondary N) is 1. The molecule has 1 amide bonds. The largest absolute Gasteiger partial charge is 0.491 e. The summed E-state index contributed by atoms with van der Waals surface area (Å²) in [6, 6.07) is 12.6. The molecule has 2 aromatic carbocycles. The second-order valence-corrected chi connectivity index (χ2v) is 7.85. The first-order valence-electron chi connectivity index (χ1n) is 8.98. The van der Waals surface area contributed by atoms with Crippen LogP contribution in [0.3, 0.4) is 0 Å². The second-order valence-electron chi connectivity index (χ2n) is 6.46. The topological polar surface area (TPSA) is 38.3 Å². The molecule has 0 fully saturated rings. The van der Waals surface area contributed by atoms with E-state index in [-0.39, 0.29) is 23.6 Å². The van der Waals surface area contributed by atoms with E-state index in [4.69, 9.17) is 16.3 Å². The number of halogens is 2. The van der Waals surface area contributed by atoms with Crippen molar-refractivity contribution >= 4 is 29.3 Å². The van der Waals surface area contributed by atoms with Crippen LogP contribution in [0.25, 0.3) is 0 Å². The highest BCUT2D eigenvalue weighted by atomic mass is 35.5. The maximum atomic E-state index is 13.7. The Morgan fingerprint density at radius 1 is 1.26 bits per heavy atom. The van der Waals surface area contributed by atoms with E-state index in [2.05, 4.69) is 11.4 Å². The van der Waals surface area contributed by atoms with Gasteiger partial charge < -0.3 is 10.1 Å². The van der Waals surface area contributed by atoms with Crippen molar-refractivity contribution in [2.75, 3.05) is 12.3 Å². The maximum Gasteiger partial charge on any atom is 0.230 e. The summed E-state index contributed by atoms with van der Waals surface area (Å²) >= 11 is 7.33. The third-order valence-electron chi connectivity index (χ3n) is 3.78. The minimum absolute atomic E-state index is 0.0515. The van der Waals surface area contributed by atoms with Crippen molar-refractivity contribution in [2.24, 2.45) is 0 Å². The molecule has 0 heterocycles. The predicted molar refractivity (Wildman–Crippen MR) is 111 cm³/mol. The molecule has 1 N–H and O–H groups in total. The Labute approximate surface area is 169 Å². The fraction of sp³-hybridized carbons (Fsp3) is 0.381. The van der Waals surface area contributed by atoms with E-state index in [1.54, 1.807) is 12.1 Å². The monoisotopic (exact) mass is 409 g/mol. The summed E-state index contributed by atoms with van der Waals surface area (Å²) in [5.74, 6) is 1.14. The molecule has 0 spiro atoms. The average Bonchev–Trinajstić information content (AvgIpc) is 2.61. The molecule has 0 bridgehead atoms. The quantitative estimate of drug-likeness (QED) is 0.545. The smallest absolute Gasteiger partial charge is 0.230 e. The zero-order valence-corrected chi connectivity index (χ0v) is 17.2. The van der Waals surface area contributed by atoms with Crippen LogP contribution in [0.15, 0.2) is 42.5 Å². The van der Waals surface area contributed by atoms with Crippen molar-refractivity contribution in [1.29, 1.82) is 0 Å². The molecule has 0 unspecified atom stereocenters. The minimum Gasteiger partial charge on any atom is -0.491 e. The van der Waals surface area contributed by atoms with Crippen LogP contribution in [0, 0.1) is 5.82 Å². The lowest BCUT2D eigenvalue weighted by Gasteiger charge is -2.11. The van der Waals surface area contributed by atoms with Gasteiger partial charge in [0, 0.05) is 22.9 Å². The lowest BCUT2D eigenvalue weighted by molar-refractivity contribution is -0.118.